The first-order chi connectivity index (χ1) is 15.1. The van der Waals surface area contributed by atoms with Crippen LogP contribution in [0.25, 0.3) is 22.2 Å². The SMILES string of the molecule is Cc1ncc(CN2CCCC(C(=O)Nc3cccc(-c4cc5ccccc5[nH]4)c3)C2)s1. The van der Waals surface area contributed by atoms with Crippen molar-refractivity contribution in [3.8, 4) is 11.3 Å². The van der Waals surface area contributed by atoms with Crippen molar-refractivity contribution in [2.24, 2.45) is 5.92 Å². The third-order valence-electron chi connectivity index (χ3n) is 5.90. The van der Waals surface area contributed by atoms with Gasteiger partial charge in [-0.2, -0.15) is 0 Å². The highest BCUT2D eigenvalue weighted by atomic mass is 32.1. The number of nitrogens with zero attached hydrogens (tertiary/aromatic N) is 2. The van der Waals surface area contributed by atoms with Gasteiger partial charge in [0.05, 0.1) is 10.9 Å². The minimum absolute atomic E-state index is 0.0134. The van der Waals surface area contributed by atoms with Gasteiger partial charge in [0.25, 0.3) is 0 Å². The standard InChI is InChI=1S/C25H26N4OS/c1-17-26-14-22(31-17)16-29-11-5-8-20(15-29)25(30)27-21-9-4-7-18(12-21)24-13-19-6-2-3-10-23(19)28-24/h2-4,6-7,9-10,12-14,20,28H,5,8,11,15-16H2,1H3,(H,27,30). The number of benzene rings is 2. The molecule has 158 valence electrons. The van der Waals surface area contributed by atoms with Gasteiger partial charge in [-0.3, -0.25) is 9.69 Å². The van der Waals surface area contributed by atoms with Gasteiger partial charge in [0.2, 0.25) is 5.91 Å². The number of likely N-dealkylation sites (tertiary alicyclic amines) is 1. The zero-order valence-corrected chi connectivity index (χ0v) is 18.4. The molecule has 0 radical (unpaired) electrons. The van der Waals surface area contributed by atoms with E-state index in [9.17, 15) is 4.79 Å². The summed E-state index contributed by atoms with van der Waals surface area (Å²) in [6.07, 6.45) is 3.94. The normalized spacial score (nSPS) is 17.1. The Morgan fingerprint density at radius 3 is 2.97 bits per heavy atom. The van der Waals surface area contributed by atoms with Crippen molar-refractivity contribution in [1.29, 1.82) is 0 Å². The van der Waals surface area contributed by atoms with Crippen molar-refractivity contribution >= 4 is 33.8 Å². The number of rotatable bonds is 5. The average molecular weight is 431 g/mol. The summed E-state index contributed by atoms with van der Waals surface area (Å²) in [6.45, 7) is 4.75. The smallest absolute Gasteiger partial charge is 0.228 e. The maximum Gasteiger partial charge on any atom is 0.228 e. The molecule has 1 atom stereocenters. The zero-order chi connectivity index (χ0) is 21.2. The van der Waals surface area contributed by atoms with Gasteiger partial charge in [0.15, 0.2) is 0 Å². The average Bonchev–Trinajstić information content (AvgIpc) is 3.40. The van der Waals surface area contributed by atoms with E-state index in [1.807, 2.05) is 43.5 Å². The predicted molar refractivity (Wildman–Crippen MR) is 127 cm³/mol. The van der Waals surface area contributed by atoms with E-state index in [0.717, 1.165) is 59.9 Å². The van der Waals surface area contributed by atoms with Crippen molar-refractivity contribution in [1.82, 2.24) is 14.9 Å². The molecule has 0 spiro atoms. The Balaban J connectivity index is 1.26. The number of thiazole rings is 1. The monoisotopic (exact) mass is 430 g/mol. The van der Waals surface area contributed by atoms with Crippen LogP contribution in [0.3, 0.4) is 0 Å². The van der Waals surface area contributed by atoms with Crippen LogP contribution >= 0.6 is 11.3 Å². The second-order valence-corrected chi connectivity index (χ2v) is 9.58. The number of fused-ring (bicyclic) bond motifs is 1. The van der Waals surface area contributed by atoms with E-state index in [1.54, 1.807) is 11.3 Å². The van der Waals surface area contributed by atoms with Crippen molar-refractivity contribution in [2.75, 3.05) is 18.4 Å². The molecule has 0 bridgehead atoms. The second kappa shape index (κ2) is 8.65. The third-order valence-corrected chi connectivity index (χ3v) is 6.79. The van der Waals surface area contributed by atoms with Crippen LogP contribution in [-0.2, 0) is 11.3 Å². The van der Waals surface area contributed by atoms with Crippen LogP contribution in [0.2, 0.25) is 0 Å². The van der Waals surface area contributed by atoms with Crippen LogP contribution in [0, 0.1) is 12.8 Å². The number of hydrogen-bond acceptors (Lipinski definition) is 4. The van der Waals surface area contributed by atoms with Crippen LogP contribution < -0.4 is 5.32 Å². The van der Waals surface area contributed by atoms with Crippen LogP contribution in [0.5, 0.6) is 0 Å². The number of aromatic amines is 1. The number of para-hydroxylation sites is 1. The number of nitrogens with one attached hydrogen (secondary N) is 2. The van der Waals surface area contributed by atoms with E-state index < -0.39 is 0 Å². The second-order valence-electron chi connectivity index (χ2n) is 8.26. The molecule has 1 saturated heterocycles. The molecular weight excluding hydrogens is 404 g/mol. The van der Waals surface area contributed by atoms with Crippen molar-refractivity contribution < 1.29 is 4.79 Å². The highest BCUT2D eigenvalue weighted by Crippen LogP contribution is 2.27. The first kappa shape index (κ1) is 20.0. The molecule has 0 saturated carbocycles. The minimum Gasteiger partial charge on any atom is -0.355 e. The number of aromatic nitrogens is 2. The molecular formula is C25H26N4OS. The van der Waals surface area contributed by atoms with Gasteiger partial charge in [-0.05, 0) is 50.6 Å². The van der Waals surface area contributed by atoms with E-state index in [0.29, 0.717) is 0 Å². The van der Waals surface area contributed by atoms with E-state index in [2.05, 4.69) is 44.5 Å². The number of H-pyrrole nitrogens is 1. The summed E-state index contributed by atoms with van der Waals surface area (Å²) < 4.78 is 0. The zero-order valence-electron chi connectivity index (χ0n) is 17.6. The Bertz CT molecular complexity index is 1180. The summed E-state index contributed by atoms with van der Waals surface area (Å²) >= 11 is 1.74. The van der Waals surface area contributed by atoms with Gasteiger partial charge < -0.3 is 10.3 Å². The summed E-state index contributed by atoms with van der Waals surface area (Å²) in [5.74, 6) is 0.124. The molecule has 1 fully saturated rings. The van der Waals surface area contributed by atoms with E-state index in [1.165, 1.54) is 10.3 Å². The Labute approximate surface area is 186 Å². The number of carbonyl (C=O) groups is 1. The Morgan fingerprint density at radius 1 is 1.23 bits per heavy atom. The summed E-state index contributed by atoms with van der Waals surface area (Å²) in [5, 5.41) is 5.43. The lowest BCUT2D eigenvalue weighted by molar-refractivity contribution is -0.121. The van der Waals surface area contributed by atoms with Crippen molar-refractivity contribution in [3.05, 3.63) is 70.7 Å². The van der Waals surface area contributed by atoms with Gasteiger partial charge in [0, 0.05) is 52.0 Å². The van der Waals surface area contributed by atoms with Crippen LogP contribution in [0.15, 0.2) is 60.8 Å². The summed E-state index contributed by atoms with van der Waals surface area (Å²) in [4.78, 5) is 24.5. The van der Waals surface area contributed by atoms with E-state index in [-0.39, 0.29) is 11.8 Å². The number of anilines is 1. The highest BCUT2D eigenvalue weighted by Gasteiger charge is 2.26. The fourth-order valence-electron chi connectivity index (χ4n) is 4.35. The first-order valence-corrected chi connectivity index (χ1v) is 11.6. The number of hydrogen-bond donors (Lipinski definition) is 2. The fraction of sp³-hybridized carbons (Fsp3) is 0.280. The van der Waals surface area contributed by atoms with Gasteiger partial charge in [-0.1, -0.05) is 30.3 Å². The Morgan fingerprint density at radius 2 is 2.13 bits per heavy atom. The van der Waals surface area contributed by atoms with Gasteiger partial charge in [-0.15, -0.1) is 11.3 Å². The number of piperidine rings is 1. The molecule has 2 aromatic carbocycles. The topological polar surface area (TPSA) is 61.0 Å². The summed E-state index contributed by atoms with van der Waals surface area (Å²) in [7, 11) is 0. The number of carbonyl (C=O) groups excluding carboxylic acids is 1. The molecule has 4 aromatic rings. The first-order valence-electron chi connectivity index (χ1n) is 10.8. The minimum atomic E-state index is 0.0134. The fourth-order valence-corrected chi connectivity index (χ4v) is 5.19. The molecule has 1 amide bonds. The highest BCUT2D eigenvalue weighted by molar-refractivity contribution is 7.11. The Hall–Kier alpha value is -2.96. The van der Waals surface area contributed by atoms with Crippen molar-refractivity contribution in [3.63, 3.8) is 0 Å². The largest absolute Gasteiger partial charge is 0.355 e. The maximum absolute atomic E-state index is 13.0. The molecule has 6 heteroatoms. The molecule has 1 aliphatic heterocycles. The third kappa shape index (κ3) is 4.55. The lowest BCUT2D eigenvalue weighted by atomic mass is 9.97. The van der Waals surface area contributed by atoms with E-state index in [4.69, 9.17) is 0 Å². The van der Waals surface area contributed by atoms with Gasteiger partial charge in [-0.25, -0.2) is 4.98 Å². The molecule has 31 heavy (non-hydrogen) atoms. The van der Waals surface area contributed by atoms with Crippen LogP contribution in [-0.4, -0.2) is 33.9 Å². The molecule has 3 heterocycles. The molecule has 2 aromatic heterocycles. The quantitative estimate of drug-likeness (QED) is 0.443. The predicted octanol–water partition coefficient (Wildman–Crippen LogP) is 5.45. The summed E-state index contributed by atoms with van der Waals surface area (Å²) in [5.41, 5.74) is 4.09. The molecule has 1 unspecified atom stereocenters. The van der Waals surface area contributed by atoms with Gasteiger partial charge >= 0.3 is 0 Å². The molecule has 5 rings (SSSR count). The number of aryl methyl sites for hydroxylation is 1. The van der Waals surface area contributed by atoms with Crippen LogP contribution in [0.4, 0.5) is 5.69 Å². The lowest BCUT2D eigenvalue weighted by Gasteiger charge is -2.31. The van der Waals surface area contributed by atoms with Crippen LogP contribution in [0.1, 0.15) is 22.7 Å². The molecule has 2 N–H and O–H groups in total. The van der Waals surface area contributed by atoms with Crippen molar-refractivity contribution in [2.45, 2.75) is 26.3 Å². The summed E-state index contributed by atoms with van der Waals surface area (Å²) in [6, 6.07) is 18.5. The Kier molecular flexibility index (Phi) is 5.57. The molecule has 1 aliphatic rings. The maximum atomic E-state index is 13.0. The van der Waals surface area contributed by atoms with E-state index >= 15 is 0 Å². The van der Waals surface area contributed by atoms with Gasteiger partial charge in [0.1, 0.15) is 0 Å². The number of amides is 1. The molecule has 5 nitrogen and oxygen atoms in total. The molecule has 0 aliphatic carbocycles. The lowest BCUT2D eigenvalue weighted by Crippen LogP contribution is -2.40.